The number of aromatic nitrogens is 5. The molecule has 0 spiro atoms. The van der Waals surface area contributed by atoms with E-state index in [-0.39, 0.29) is 0 Å². The fourth-order valence-electron chi connectivity index (χ4n) is 5.76. The van der Waals surface area contributed by atoms with Crippen LogP contribution in [0.15, 0.2) is 29.0 Å². The maximum absolute atomic E-state index is 5.33. The van der Waals surface area contributed by atoms with Gasteiger partial charge in [0.1, 0.15) is 11.4 Å². The van der Waals surface area contributed by atoms with Gasteiger partial charge < -0.3 is 14.8 Å². The summed E-state index contributed by atoms with van der Waals surface area (Å²) in [6, 6.07) is 5.14. The van der Waals surface area contributed by atoms with E-state index in [1.807, 2.05) is 32.3 Å². The van der Waals surface area contributed by atoms with Gasteiger partial charge >= 0.3 is 0 Å². The zero-order chi connectivity index (χ0) is 23.2. The molecule has 1 aliphatic heterocycles. The summed E-state index contributed by atoms with van der Waals surface area (Å²) >= 11 is 0. The molecule has 34 heavy (non-hydrogen) atoms. The number of rotatable bonds is 5. The Hall–Kier alpha value is -3.26. The van der Waals surface area contributed by atoms with Gasteiger partial charge in [-0.25, -0.2) is 15.0 Å². The highest BCUT2D eigenvalue weighted by Crippen LogP contribution is 2.33. The molecule has 0 aromatic carbocycles. The van der Waals surface area contributed by atoms with E-state index in [1.54, 1.807) is 0 Å². The monoisotopic (exact) mass is 457 g/mol. The number of hydrogen-bond donors (Lipinski definition) is 2. The molecule has 2 fully saturated rings. The molecule has 4 aromatic rings. The Balaban J connectivity index is 1.31. The maximum atomic E-state index is 5.33. The van der Waals surface area contributed by atoms with Gasteiger partial charge in [0.05, 0.1) is 22.6 Å². The number of fused-ring (bicyclic) bond motifs is 1. The van der Waals surface area contributed by atoms with Gasteiger partial charge in [0.25, 0.3) is 0 Å². The lowest BCUT2D eigenvalue weighted by Gasteiger charge is -2.29. The first-order chi connectivity index (χ1) is 16.6. The summed E-state index contributed by atoms with van der Waals surface area (Å²) in [5, 5.41) is 8.79. The van der Waals surface area contributed by atoms with E-state index in [1.165, 1.54) is 45.2 Å². The number of likely N-dealkylation sites (tertiary alicyclic amines) is 1. The van der Waals surface area contributed by atoms with Crippen LogP contribution in [0.2, 0.25) is 0 Å². The van der Waals surface area contributed by atoms with Gasteiger partial charge in [-0.3, -0.25) is 4.90 Å². The average Bonchev–Trinajstić information content (AvgIpc) is 3.62. The van der Waals surface area contributed by atoms with Crippen LogP contribution in [-0.4, -0.2) is 55.2 Å². The Morgan fingerprint density at radius 2 is 1.91 bits per heavy atom. The predicted molar refractivity (Wildman–Crippen MR) is 133 cm³/mol. The molecular formula is C26H31N7O. The molecule has 2 N–H and O–H groups in total. The standard InChI is InChI=1S/C26H31N7O/c1-15-13-28-26(30-20-7-6-8-22(20)33-11-4-5-12-33)31-24(15)19-14-27-25-18(19)9-10-21(29-25)23-16(2)32-34-17(23)3/h9-10,13-14,20,22H,4-8,11-12H2,1-3H3,(H,27,29)(H,28,30,31)/t20-,22-/m0/s1. The summed E-state index contributed by atoms with van der Waals surface area (Å²) in [4.78, 5) is 20.5. The first kappa shape index (κ1) is 21.3. The Kier molecular flexibility index (Phi) is 5.32. The van der Waals surface area contributed by atoms with Crippen LogP contribution in [0.4, 0.5) is 5.95 Å². The zero-order valence-corrected chi connectivity index (χ0v) is 20.1. The van der Waals surface area contributed by atoms with Crippen LogP contribution in [0.5, 0.6) is 0 Å². The van der Waals surface area contributed by atoms with E-state index in [4.69, 9.17) is 14.5 Å². The van der Waals surface area contributed by atoms with Crippen molar-refractivity contribution in [2.75, 3.05) is 18.4 Å². The smallest absolute Gasteiger partial charge is 0.223 e. The van der Waals surface area contributed by atoms with Crippen molar-refractivity contribution in [1.29, 1.82) is 0 Å². The summed E-state index contributed by atoms with van der Waals surface area (Å²) in [7, 11) is 0. The van der Waals surface area contributed by atoms with Gasteiger partial charge in [0.2, 0.25) is 5.95 Å². The Labute approximate surface area is 199 Å². The van der Waals surface area contributed by atoms with Crippen molar-refractivity contribution in [1.82, 2.24) is 30.0 Å². The number of aryl methyl sites for hydroxylation is 3. The van der Waals surface area contributed by atoms with Gasteiger partial charge in [0, 0.05) is 35.4 Å². The summed E-state index contributed by atoms with van der Waals surface area (Å²) in [6.07, 6.45) is 10.3. The molecule has 0 amide bonds. The normalized spacial score (nSPS) is 21.0. The Bertz CT molecular complexity index is 1310. The molecule has 1 saturated carbocycles. The van der Waals surface area contributed by atoms with E-state index >= 15 is 0 Å². The lowest BCUT2D eigenvalue weighted by molar-refractivity contribution is 0.235. The summed E-state index contributed by atoms with van der Waals surface area (Å²) in [5.41, 5.74) is 6.50. The zero-order valence-electron chi connectivity index (χ0n) is 20.1. The third kappa shape index (κ3) is 3.66. The second-order valence-electron chi connectivity index (χ2n) is 9.71. The number of nitrogens with zero attached hydrogens (tertiary/aromatic N) is 5. The molecule has 0 radical (unpaired) electrons. The molecule has 176 valence electrons. The number of anilines is 1. The van der Waals surface area contributed by atoms with Crippen molar-refractivity contribution >= 4 is 17.0 Å². The summed E-state index contributed by atoms with van der Waals surface area (Å²) in [5.74, 6) is 1.49. The van der Waals surface area contributed by atoms with Crippen molar-refractivity contribution in [2.24, 2.45) is 0 Å². The topological polar surface area (TPSA) is 95.8 Å². The molecule has 1 aliphatic carbocycles. The van der Waals surface area contributed by atoms with Gasteiger partial charge in [-0.05, 0) is 83.7 Å². The van der Waals surface area contributed by atoms with Gasteiger partial charge in [0.15, 0.2) is 0 Å². The number of pyridine rings is 1. The summed E-state index contributed by atoms with van der Waals surface area (Å²) in [6.45, 7) is 8.36. The molecule has 2 atom stereocenters. The van der Waals surface area contributed by atoms with Crippen LogP contribution in [0.25, 0.3) is 33.5 Å². The quantitative estimate of drug-likeness (QED) is 0.434. The number of H-pyrrole nitrogens is 1. The predicted octanol–water partition coefficient (Wildman–Crippen LogP) is 5.03. The molecule has 2 aliphatic rings. The van der Waals surface area contributed by atoms with Crippen molar-refractivity contribution in [2.45, 2.75) is 65.0 Å². The van der Waals surface area contributed by atoms with Crippen LogP contribution in [-0.2, 0) is 0 Å². The molecule has 0 unspecified atom stereocenters. The van der Waals surface area contributed by atoms with E-state index < -0.39 is 0 Å². The maximum Gasteiger partial charge on any atom is 0.223 e. The molecule has 6 rings (SSSR count). The number of aromatic amines is 1. The van der Waals surface area contributed by atoms with Crippen LogP contribution >= 0.6 is 0 Å². The van der Waals surface area contributed by atoms with E-state index in [2.05, 4.69) is 38.3 Å². The van der Waals surface area contributed by atoms with E-state index in [0.717, 1.165) is 50.6 Å². The fourth-order valence-corrected chi connectivity index (χ4v) is 5.76. The van der Waals surface area contributed by atoms with Crippen LogP contribution in [0, 0.1) is 20.8 Å². The molecule has 4 aromatic heterocycles. The molecule has 5 heterocycles. The highest BCUT2D eigenvalue weighted by Gasteiger charge is 2.33. The van der Waals surface area contributed by atoms with E-state index in [0.29, 0.717) is 18.0 Å². The molecule has 0 bridgehead atoms. The van der Waals surface area contributed by atoms with E-state index in [9.17, 15) is 0 Å². The van der Waals surface area contributed by atoms with Crippen LogP contribution < -0.4 is 5.32 Å². The average molecular weight is 458 g/mol. The first-order valence-corrected chi connectivity index (χ1v) is 12.3. The Morgan fingerprint density at radius 3 is 2.71 bits per heavy atom. The minimum absolute atomic E-state index is 0.413. The van der Waals surface area contributed by atoms with Crippen LogP contribution in [0.3, 0.4) is 0 Å². The second kappa shape index (κ2) is 8.51. The van der Waals surface area contributed by atoms with Gasteiger partial charge in [-0.2, -0.15) is 0 Å². The molecule has 8 nitrogen and oxygen atoms in total. The van der Waals surface area contributed by atoms with Crippen LogP contribution in [0.1, 0.15) is 49.1 Å². The minimum Gasteiger partial charge on any atom is -0.361 e. The number of nitrogens with one attached hydrogen (secondary N) is 2. The fraction of sp³-hybridized carbons (Fsp3) is 0.462. The molecule has 8 heteroatoms. The van der Waals surface area contributed by atoms with Gasteiger partial charge in [-0.15, -0.1) is 0 Å². The second-order valence-corrected chi connectivity index (χ2v) is 9.71. The third-order valence-electron chi connectivity index (χ3n) is 7.46. The number of hydrogen-bond acceptors (Lipinski definition) is 7. The lowest BCUT2D eigenvalue weighted by atomic mass is 10.1. The molecular weight excluding hydrogens is 426 g/mol. The third-order valence-corrected chi connectivity index (χ3v) is 7.46. The highest BCUT2D eigenvalue weighted by molar-refractivity contribution is 5.94. The largest absolute Gasteiger partial charge is 0.361 e. The van der Waals surface area contributed by atoms with Crippen molar-refractivity contribution in [3.8, 4) is 22.5 Å². The van der Waals surface area contributed by atoms with Gasteiger partial charge in [-0.1, -0.05) is 5.16 Å². The minimum atomic E-state index is 0.413. The molecule has 1 saturated heterocycles. The lowest BCUT2D eigenvalue weighted by Crippen LogP contribution is -2.42. The highest BCUT2D eigenvalue weighted by atomic mass is 16.5. The summed E-state index contributed by atoms with van der Waals surface area (Å²) < 4.78 is 5.33. The van der Waals surface area contributed by atoms with Crippen molar-refractivity contribution < 1.29 is 4.52 Å². The Morgan fingerprint density at radius 1 is 1.06 bits per heavy atom. The first-order valence-electron chi connectivity index (χ1n) is 12.3. The van der Waals surface area contributed by atoms with Crippen molar-refractivity contribution in [3.05, 3.63) is 41.5 Å². The van der Waals surface area contributed by atoms with Crippen molar-refractivity contribution in [3.63, 3.8) is 0 Å². The SMILES string of the molecule is Cc1cnc(N[C@H]2CCC[C@@H]2N2CCCC2)nc1-c1c[nH]c2nc(-c3c(C)noc3C)ccc12.